The molecule has 0 aromatic carbocycles. The fourth-order valence-electron chi connectivity index (χ4n) is 2.69. The van der Waals surface area contributed by atoms with Crippen LogP contribution in [-0.4, -0.2) is 44.4 Å². The van der Waals surface area contributed by atoms with Gasteiger partial charge in [-0.05, 0) is 31.4 Å². The van der Waals surface area contributed by atoms with Crippen molar-refractivity contribution in [3.8, 4) is 0 Å². The Balaban J connectivity index is 2.45. The first-order valence-corrected chi connectivity index (χ1v) is 7.97. The Kier molecular flexibility index (Phi) is 5.36. The minimum absolute atomic E-state index is 0.0526. The highest BCUT2D eigenvalue weighted by Crippen LogP contribution is 2.18. The van der Waals surface area contributed by atoms with E-state index in [1.165, 1.54) is 0 Å². The zero-order valence-electron chi connectivity index (χ0n) is 13.9. The van der Waals surface area contributed by atoms with E-state index in [0.717, 1.165) is 23.3 Å². The summed E-state index contributed by atoms with van der Waals surface area (Å²) in [7, 11) is 0. The Morgan fingerprint density at radius 3 is 2.65 bits per heavy atom. The minimum Gasteiger partial charge on any atom is -0.481 e. The first-order chi connectivity index (χ1) is 11.0. The molecule has 0 saturated heterocycles. The molecule has 2 rings (SSSR count). The number of aryl methyl sites for hydroxylation is 2. The molecule has 0 saturated carbocycles. The summed E-state index contributed by atoms with van der Waals surface area (Å²) < 4.78 is 1.82. The normalized spacial score (nSPS) is 10.9. The van der Waals surface area contributed by atoms with E-state index in [0.29, 0.717) is 18.7 Å². The second-order valence-corrected chi connectivity index (χ2v) is 5.58. The van der Waals surface area contributed by atoms with E-state index < -0.39 is 5.97 Å². The smallest absolute Gasteiger partial charge is 0.305 e. The molecular formula is C17H23N3O3. The number of carbonyl (C=O) groups excluding carboxylic acids is 1. The van der Waals surface area contributed by atoms with Crippen LogP contribution in [0.1, 0.15) is 48.4 Å². The fourth-order valence-corrected chi connectivity index (χ4v) is 2.69. The first kappa shape index (κ1) is 17.0. The lowest BCUT2D eigenvalue weighted by molar-refractivity contribution is -0.137. The van der Waals surface area contributed by atoms with Crippen LogP contribution in [0.5, 0.6) is 0 Å². The quantitative estimate of drug-likeness (QED) is 0.851. The second kappa shape index (κ2) is 7.26. The highest BCUT2D eigenvalue weighted by molar-refractivity contribution is 5.95. The molecule has 1 N–H and O–H groups in total. The van der Waals surface area contributed by atoms with Crippen LogP contribution in [0.3, 0.4) is 0 Å². The summed E-state index contributed by atoms with van der Waals surface area (Å²) in [4.78, 5) is 30.0. The molecule has 0 aliphatic heterocycles. The van der Waals surface area contributed by atoms with E-state index in [1.807, 2.05) is 43.5 Å². The lowest BCUT2D eigenvalue weighted by Crippen LogP contribution is -2.35. The van der Waals surface area contributed by atoms with Gasteiger partial charge in [-0.15, -0.1) is 0 Å². The lowest BCUT2D eigenvalue weighted by Gasteiger charge is -2.21. The van der Waals surface area contributed by atoms with Crippen molar-refractivity contribution in [2.45, 2.75) is 40.0 Å². The number of pyridine rings is 1. The molecule has 0 bridgehead atoms. The molecule has 124 valence electrons. The zero-order chi connectivity index (χ0) is 17.0. The minimum atomic E-state index is -0.899. The van der Waals surface area contributed by atoms with Gasteiger partial charge < -0.3 is 10.0 Å². The lowest BCUT2D eigenvalue weighted by atomic mass is 10.2. The van der Waals surface area contributed by atoms with Crippen LogP contribution >= 0.6 is 0 Å². The number of amides is 1. The van der Waals surface area contributed by atoms with Gasteiger partial charge in [0.1, 0.15) is 11.3 Å². The second-order valence-electron chi connectivity index (χ2n) is 5.58. The molecule has 0 unspecified atom stereocenters. The van der Waals surface area contributed by atoms with Gasteiger partial charge in [-0.25, -0.2) is 4.98 Å². The number of imidazole rings is 1. The predicted octanol–water partition coefficient (Wildman–Crippen LogP) is 2.53. The van der Waals surface area contributed by atoms with Gasteiger partial charge in [0.2, 0.25) is 0 Å². The van der Waals surface area contributed by atoms with E-state index in [4.69, 9.17) is 5.11 Å². The topological polar surface area (TPSA) is 74.9 Å². The number of carboxylic acid groups (broad SMARTS) is 1. The van der Waals surface area contributed by atoms with Crippen molar-refractivity contribution in [2.75, 3.05) is 13.1 Å². The summed E-state index contributed by atoms with van der Waals surface area (Å²) in [6.45, 7) is 6.65. The van der Waals surface area contributed by atoms with Crippen molar-refractivity contribution in [1.82, 2.24) is 14.3 Å². The molecule has 0 atom stereocenters. The third-order valence-electron chi connectivity index (χ3n) is 3.83. The van der Waals surface area contributed by atoms with Gasteiger partial charge in [0.05, 0.1) is 12.1 Å². The average Bonchev–Trinajstić information content (AvgIpc) is 2.90. The number of aromatic nitrogens is 2. The Labute approximate surface area is 135 Å². The molecule has 6 heteroatoms. The number of carboxylic acids is 1. The van der Waals surface area contributed by atoms with Crippen molar-refractivity contribution in [1.29, 1.82) is 0 Å². The summed E-state index contributed by atoms with van der Waals surface area (Å²) in [5.74, 6) is -1.05. The Hall–Kier alpha value is -2.37. The molecule has 23 heavy (non-hydrogen) atoms. The van der Waals surface area contributed by atoms with Gasteiger partial charge in [-0.2, -0.15) is 0 Å². The van der Waals surface area contributed by atoms with Crippen molar-refractivity contribution in [3.05, 3.63) is 35.3 Å². The van der Waals surface area contributed by atoms with E-state index in [2.05, 4.69) is 4.98 Å². The Bertz CT molecular complexity index is 721. The molecule has 0 radical (unpaired) electrons. The van der Waals surface area contributed by atoms with Gasteiger partial charge in [0.15, 0.2) is 0 Å². The maximum absolute atomic E-state index is 13.0. The number of rotatable bonds is 7. The summed E-state index contributed by atoms with van der Waals surface area (Å²) in [5.41, 5.74) is 3.09. The molecule has 2 heterocycles. The highest BCUT2D eigenvalue weighted by atomic mass is 16.4. The van der Waals surface area contributed by atoms with E-state index in [-0.39, 0.29) is 18.9 Å². The largest absolute Gasteiger partial charge is 0.481 e. The van der Waals surface area contributed by atoms with E-state index in [1.54, 1.807) is 4.90 Å². The maximum atomic E-state index is 13.0. The third kappa shape index (κ3) is 3.52. The summed E-state index contributed by atoms with van der Waals surface area (Å²) in [6, 6.07) is 3.85. The van der Waals surface area contributed by atoms with Crippen LogP contribution in [-0.2, 0) is 11.2 Å². The number of hydrogen-bond donors (Lipinski definition) is 1. The monoisotopic (exact) mass is 317 g/mol. The standard InChI is InChI=1S/C17H23N3O3/c1-4-9-19(11-8-14(21)22)17(23)15-13(5-2)18-16-12(3)7-6-10-20(15)16/h6-7,10H,4-5,8-9,11H2,1-3H3,(H,21,22). The Morgan fingerprint density at radius 1 is 1.30 bits per heavy atom. The molecule has 0 fully saturated rings. The van der Waals surface area contributed by atoms with Crippen LogP contribution in [0, 0.1) is 6.92 Å². The number of nitrogens with zero attached hydrogens (tertiary/aromatic N) is 3. The molecular weight excluding hydrogens is 294 g/mol. The molecule has 0 spiro atoms. The Morgan fingerprint density at radius 2 is 2.04 bits per heavy atom. The molecule has 0 aliphatic carbocycles. The van der Waals surface area contributed by atoms with Gasteiger partial charge in [-0.1, -0.05) is 19.9 Å². The third-order valence-corrected chi connectivity index (χ3v) is 3.83. The predicted molar refractivity (Wildman–Crippen MR) is 87.8 cm³/mol. The fraction of sp³-hybridized carbons (Fsp3) is 0.471. The van der Waals surface area contributed by atoms with Gasteiger partial charge >= 0.3 is 5.97 Å². The van der Waals surface area contributed by atoms with Crippen molar-refractivity contribution < 1.29 is 14.7 Å². The van der Waals surface area contributed by atoms with Gasteiger partial charge in [0, 0.05) is 19.3 Å². The molecule has 0 aliphatic rings. The SMILES string of the molecule is CCCN(CCC(=O)O)C(=O)c1c(CC)nc2c(C)cccn12. The van der Waals surface area contributed by atoms with Crippen LogP contribution in [0.25, 0.3) is 5.65 Å². The summed E-state index contributed by atoms with van der Waals surface area (Å²) in [6.07, 6.45) is 3.22. The van der Waals surface area contributed by atoms with Crippen molar-refractivity contribution in [2.24, 2.45) is 0 Å². The zero-order valence-corrected chi connectivity index (χ0v) is 13.9. The molecule has 1 amide bonds. The number of fused-ring (bicyclic) bond motifs is 1. The van der Waals surface area contributed by atoms with E-state index in [9.17, 15) is 9.59 Å². The molecule has 2 aromatic heterocycles. The average molecular weight is 317 g/mol. The van der Waals surface area contributed by atoms with Crippen molar-refractivity contribution in [3.63, 3.8) is 0 Å². The summed E-state index contributed by atoms with van der Waals surface area (Å²) >= 11 is 0. The number of hydrogen-bond acceptors (Lipinski definition) is 3. The highest BCUT2D eigenvalue weighted by Gasteiger charge is 2.24. The molecule has 6 nitrogen and oxygen atoms in total. The number of aliphatic carboxylic acids is 1. The van der Waals surface area contributed by atoms with Crippen LogP contribution in [0.15, 0.2) is 18.3 Å². The van der Waals surface area contributed by atoms with Gasteiger partial charge in [-0.3, -0.25) is 14.0 Å². The van der Waals surface area contributed by atoms with Gasteiger partial charge in [0.25, 0.3) is 5.91 Å². The van der Waals surface area contributed by atoms with Crippen LogP contribution < -0.4 is 0 Å². The van der Waals surface area contributed by atoms with Crippen LogP contribution in [0.4, 0.5) is 0 Å². The van der Waals surface area contributed by atoms with Crippen LogP contribution in [0.2, 0.25) is 0 Å². The molecule has 2 aromatic rings. The summed E-state index contributed by atoms with van der Waals surface area (Å²) in [5, 5.41) is 8.90. The first-order valence-electron chi connectivity index (χ1n) is 7.97. The maximum Gasteiger partial charge on any atom is 0.305 e. The number of carbonyl (C=O) groups is 2. The van der Waals surface area contributed by atoms with E-state index >= 15 is 0 Å². The van der Waals surface area contributed by atoms with Crippen molar-refractivity contribution >= 4 is 17.5 Å².